The fraction of sp³-hybridized carbons (Fsp3) is 0.364. The van der Waals surface area contributed by atoms with Gasteiger partial charge in [0, 0.05) is 17.7 Å². The minimum absolute atomic E-state index is 0.258. The van der Waals surface area contributed by atoms with Gasteiger partial charge in [0.15, 0.2) is 5.69 Å². The quantitative estimate of drug-likeness (QED) is 0.327. The van der Waals surface area contributed by atoms with Gasteiger partial charge in [0.1, 0.15) is 0 Å². The molecule has 0 radical (unpaired) electrons. The normalized spacial score (nSPS) is 10.9. The Morgan fingerprint density at radius 3 is 1.86 bits per heavy atom. The second-order valence-corrected chi connectivity index (χ2v) is 5.25. The van der Waals surface area contributed by atoms with Crippen LogP contribution < -0.4 is 16.6 Å². The number of nitrogen functional groups attached to an aromatic ring is 1. The van der Waals surface area contributed by atoms with Crippen molar-refractivity contribution in [2.24, 2.45) is 5.84 Å². The summed E-state index contributed by atoms with van der Waals surface area (Å²) in [6, 6.07) is 1.87. The molecule has 1 amide bonds. The number of nitrogens with two attached hydrogens (primary N) is 1. The Kier molecular flexibility index (Phi) is 4.43. The number of hydrazine groups is 1. The van der Waals surface area contributed by atoms with E-state index in [0.29, 0.717) is 0 Å². The fourth-order valence-electron chi connectivity index (χ4n) is 1.62. The first-order valence-electron chi connectivity index (χ1n) is 5.83. The van der Waals surface area contributed by atoms with E-state index in [2.05, 4.69) is 5.32 Å². The highest BCUT2D eigenvalue weighted by molar-refractivity contribution is 5.97. The predicted octanol–water partition coefficient (Wildman–Crippen LogP) is 1.32. The molecule has 10 nitrogen and oxygen atoms in total. The topological polar surface area (TPSA) is 153 Å². The number of anilines is 1. The molecule has 114 valence electrons. The van der Waals surface area contributed by atoms with Crippen molar-refractivity contribution in [3.63, 3.8) is 0 Å². The highest BCUT2D eigenvalue weighted by Crippen LogP contribution is 2.37. The number of nitrogens with zero attached hydrogens (tertiary/aromatic N) is 2. The molecule has 0 saturated carbocycles. The lowest BCUT2D eigenvalue weighted by molar-refractivity contribution is -0.392. The second kappa shape index (κ2) is 5.71. The molecule has 1 aromatic carbocycles. The van der Waals surface area contributed by atoms with E-state index >= 15 is 0 Å². The van der Waals surface area contributed by atoms with Crippen LogP contribution >= 0.6 is 0 Å². The SMILES string of the molecule is CC(C)(C)Nc1c([N+](=O)[O-])cc(C(=O)NN)cc1[N+](=O)[O-]. The number of hydrogen-bond acceptors (Lipinski definition) is 7. The van der Waals surface area contributed by atoms with Crippen molar-refractivity contribution in [3.8, 4) is 0 Å². The monoisotopic (exact) mass is 297 g/mol. The van der Waals surface area contributed by atoms with Gasteiger partial charge in [-0.15, -0.1) is 0 Å². The first-order chi connectivity index (χ1) is 9.56. The van der Waals surface area contributed by atoms with Crippen LogP contribution in [0, 0.1) is 20.2 Å². The van der Waals surface area contributed by atoms with Crippen molar-refractivity contribution in [2.75, 3.05) is 5.32 Å². The van der Waals surface area contributed by atoms with Crippen molar-refractivity contribution < 1.29 is 14.6 Å². The van der Waals surface area contributed by atoms with E-state index in [-0.39, 0.29) is 11.3 Å². The van der Waals surface area contributed by atoms with Gasteiger partial charge in [-0.3, -0.25) is 30.4 Å². The van der Waals surface area contributed by atoms with Crippen molar-refractivity contribution in [3.05, 3.63) is 37.9 Å². The Morgan fingerprint density at radius 1 is 1.14 bits per heavy atom. The Hall–Kier alpha value is -2.75. The van der Waals surface area contributed by atoms with Gasteiger partial charge in [-0.25, -0.2) is 5.84 Å². The number of rotatable bonds is 4. The van der Waals surface area contributed by atoms with Gasteiger partial charge in [0.2, 0.25) is 0 Å². The highest BCUT2D eigenvalue weighted by Gasteiger charge is 2.30. The number of hydrogen-bond donors (Lipinski definition) is 3. The van der Waals surface area contributed by atoms with Gasteiger partial charge in [0.05, 0.1) is 15.4 Å². The number of nitro groups is 2. The third-order valence-electron chi connectivity index (χ3n) is 2.38. The molecule has 0 unspecified atom stereocenters. The lowest BCUT2D eigenvalue weighted by Gasteiger charge is -2.21. The van der Waals surface area contributed by atoms with Crippen LogP contribution in [-0.4, -0.2) is 21.3 Å². The molecule has 0 aliphatic rings. The van der Waals surface area contributed by atoms with Crippen molar-refractivity contribution >= 4 is 23.0 Å². The lowest BCUT2D eigenvalue weighted by Crippen LogP contribution is -2.30. The Balaban J connectivity index is 3.62. The Morgan fingerprint density at radius 2 is 1.57 bits per heavy atom. The third kappa shape index (κ3) is 3.86. The molecular formula is C11H15N5O5. The molecule has 4 N–H and O–H groups in total. The molecular weight excluding hydrogens is 282 g/mol. The fourth-order valence-corrected chi connectivity index (χ4v) is 1.62. The summed E-state index contributed by atoms with van der Waals surface area (Å²) in [4.78, 5) is 32.1. The molecule has 1 aromatic rings. The number of nitro benzene ring substituents is 2. The molecule has 1 rings (SSSR count). The van der Waals surface area contributed by atoms with Crippen LogP contribution in [0.25, 0.3) is 0 Å². The summed E-state index contributed by atoms with van der Waals surface area (Å²) >= 11 is 0. The van der Waals surface area contributed by atoms with Gasteiger partial charge in [0.25, 0.3) is 17.3 Å². The zero-order valence-corrected chi connectivity index (χ0v) is 11.7. The summed E-state index contributed by atoms with van der Waals surface area (Å²) in [7, 11) is 0. The number of nitrogens with one attached hydrogen (secondary N) is 2. The zero-order valence-electron chi connectivity index (χ0n) is 11.7. The summed E-state index contributed by atoms with van der Waals surface area (Å²) in [6.07, 6.45) is 0. The molecule has 10 heteroatoms. The van der Waals surface area contributed by atoms with E-state index < -0.39 is 32.7 Å². The van der Waals surface area contributed by atoms with Gasteiger partial charge in [-0.05, 0) is 20.8 Å². The summed E-state index contributed by atoms with van der Waals surface area (Å²) in [5.41, 5.74) is -0.539. The second-order valence-electron chi connectivity index (χ2n) is 5.25. The van der Waals surface area contributed by atoms with E-state index in [0.717, 1.165) is 12.1 Å². The lowest BCUT2D eigenvalue weighted by atomic mass is 10.1. The maximum atomic E-state index is 11.5. The predicted molar refractivity (Wildman–Crippen MR) is 74.8 cm³/mol. The standard InChI is InChI=1S/C11H15N5O5/c1-11(2,3)13-9-7(15(18)19)4-6(10(17)14-12)5-8(9)16(20)21/h4-5,13H,12H2,1-3H3,(H,14,17). The Labute approximate surface area is 119 Å². The van der Waals surface area contributed by atoms with Crippen LogP contribution in [0.4, 0.5) is 17.1 Å². The largest absolute Gasteiger partial charge is 0.369 e. The first-order valence-corrected chi connectivity index (χ1v) is 5.83. The molecule has 0 bridgehead atoms. The van der Waals surface area contributed by atoms with E-state index in [9.17, 15) is 25.0 Å². The number of carbonyl (C=O) groups excluding carboxylic acids is 1. The average Bonchev–Trinajstić information content (AvgIpc) is 2.35. The minimum atomic E-state index is -0.858. The van der Waals surface area contributed by atoms with Crippen LogP contribution in [0.3, 0.4) is 0 Å². The van der Waals surface area contributed by atoms with Gasteiger partial charge in [-0.1, -0.05) is 0 Å². The summed E-state index contributed by atoms with van der Waals surface area (Å²) in [6.45, 7) is 5.09. The van der Waals surface area contributed by atoms with Crippen LogP contribution in [0.1, 0.15) is 31.1 Å². The van der Waals surface area contributed by atoms with E-state index in [1.807, 2.05) is 0 Å². The minimum Gasteiger partial charge on any atom is -0.369 e. The number of amides is 1. The van der Waals surface area contributed by atoms with Crippen LogP contribution in [0.5, 0.6) is 0 Å². The van der Waals surface area contributed by atoms with Crippen molar-refractivity contribution in [1.29, 1.82) is 0 Å². The molecule has 0 aliphatic carbocycles. The van der Waals surface area contributed by atoms with Crippen LogP contribution in [0.15, 0.2) is 12.1 Å². The molecule has 0 fully saturated rings. The third-order valence-corrected chi connectivity index (χ3v) is 2.38. The number of benzene rings is 1. The first kappa shape index (κ1) is 16.3. The van der Waals surface area contributed by atoms with Crippen LogP contribution in [0.2, 0.25) is 0 Å². The molecule has 0 aliphatic heterocycles. The van der Waals surface area contributed by atoms with Gasteiger partial charge < -0.3 is 5.32 Å². The van der Waals surface area contributed by atoms with E-state index in [4.69, 9.17) is 5.84 Å². The maximum absolute atomic E-state index is 11.5. The molecule has 0 heterocycles. The zero-order chi connectivity index (χ0) is 16.4. The summed E-state index contributed by atoms with van der Waals surface area (Å²) in [5.74, 6) is 4.08. The highest BCUT2D eigenvalue weighted by atomic mass is 16.6. The molecule has 0 spiro atoms. The molecule has 21 heavy (non-hydrogen) atoms. The van der Waals surface area contributed by atoms with E-state index in [1.54, 1.807) is 26.2 Å². The average molecular weight is 297 g/mol. The van der Waals surface area contributed by atoms with Crippen LogP contribution in [-0.2, 0) is 0 Å². The summed E-state index contributed by atoms with van der Waals surface area (Å²) < 4.78 is 0. The van der Waals surface area contributed by atoms with E-state index in [1.165, 1.54) is 0 Å². The number of carbonyl (C=O) groups is 1. The summed E-state index contributed by atoms with van der Waals surface area (Å²) in [5, 5.41) is 25.0. The Bertz CT molecular complexity index is 573. The maximum Gasteiger partial charge on any atom is 0.300 e. The van der Waals surface area contributed by atoms with Crippen molar-refractivity contribution in [2.45, 2.75) is 26.3 Å². The van der Waals surface area contributed by atoms with Gasteiger partial charge in [-0.2, -0.15) is 0 Å². The van der Waals surface area contributed by atoms with Gasteiger partial charge >= 0.3 is 0 Å². The molecule has 0 saturated heterocycles. The van der Waals surface area contributed by atoms with Crippen molar-refractivity contribution in [1.82, 2.24) is 5.43 Å². The smallest absolute Gasteiger partial charge is 0.300 e. The molecule has 0 atom stereocenters. The molecule has 0 aromatic heterocycles.